The first-order valence-electron chi connectivity index (χ1n) is 10.9. The van der Waals surface area contributed by atoms with Crippen LogP contribution in [0.2, 0.25) is 0 Å². The van der Waals surface area contributed by atoms with Crippen molar-refractivity contribution in [2.24, 2.45) is 0 Å². The number of aryl methyl sites for hydroxylation is 2. The van der Waals surface area contributed by atoms with E-state index in [0.29, 0.717) is 5.92 Å². The summed E-state index contributed by atoms with van der Waals surface area (Å²) in [5.74, 6) is 1.21. The van der Waals surface area contributed by atoms with Gasteiger partial charge in [0, 0.05) is 23.9 Å². The average Bonchev–Trinajstić information content (AvgIpc) is 3.39. The van der Waals surface area contributed by atoms with Gasteiger partial charge in [-0.1, -0.05) is 12.1 Å². The molecule has 1 fully saturated rings. The highest BCUT2D eigenvalue weighted by molar-refractivity contribution is 5.82. The van der Waals surface area contributed by atoms with Gasteiger partial charge < -0.3 is 8.83 Å². The Morgan fingerprint density at radius 3 is 2.60 bits per heavy atom. The molecule has 0 radical (unpaired) electrons. The number of para-hydroxylation sites is 2. The van der Waals surface area contributed by atoms with Crippen molar-refractivity contribution >= 4 is 22.1 Å². The number of likely N-dealkylation sites (tertiary alicyclic amines) is 1. The highest BCUT2D eigenvalue weighted by Gasteiger charge is 2.25. The molecule has 5 heteroatoms. The summed E-state index contributed by atoms with van der Waals surface area (Å²) >= 11 is 0. The van der Waals surface area contributed by atoms with Gasteiger partial charge in [0.25, 0.3) is 0 Å². The van der Waals surface area contributed by atoms with Crippen molar-refractivity contribution in [2.45, 2.75) is 44.6 Å². The van der Waals surface area contributed by atoms with Crippen LogP contribution in [0, 0.1) is 0 Å². The van der Waals surface area contributed by atoms with Gasteiger partial charge in [-0.25, -0.2) is 9.78 Å². The SMILES string of the molecule is O=c1cc(CN2CCC(c3nc4ccccc4o3)CC2)c2cc3c(cc2o1)CCC3. The van der Waals surface area contributed by atoms with Crippen molar-refractivity contribution in [1.82, 2.24) is 9.88 Å². The third-order valence-corrected chi connectivity index (χ3v) is 6.68. The minimum absolute atomic E-state index is 0.253. The van der Waals surface area contributed by atoms with Gasteiger partial charge in [0.05, 0.1) is 0 Å². The maximum absolute atomic E-state index is 12.2. The summed E-state index contributed by atoms with van der Waals surface area (Å²) in [6.07, 6.45) is 5.43. The fourth-order valence-electron chi connectivity index (χ4n) is 5.07. The lowest BCUT2D eigenvalue weighted by Gasteiger charge is -2.30. The van der Waals surface area contributed by atoms with Crippen LogP contribution in [0.3, 0.4) is 0 Å². The maximum Gasteiger partial charge on any atom is 0.336 e. The molecule has 4 aromatic rings. The van der Waals surface area contributed by atoms with Crippen LogP contribution in [0.15, 0.2) is 56.1 Å². The molecular weight excluding hydrogens is 376 g/mol. The molecular formula is C25H24N2O3. The lowest BCUT2D eigenvalue weighted by molar-refractivity contribution is 0.194. The van der Waals surface area contributed by atoms with Crippen LogP contribution in [-0.2, 0) is 19.4 Å². The molecule has 0 atom stereocenters. The monoisotopic (exact) mass is 400 g/mol. The molecule has 152 valence electrons. The van der Waals surface area contributed by atoms with Gasteiger partial charge >= 0.3 is 5.63 Å². The molecule has 6 rings (SSSR count). The Kier molecular flexibility index (Phi) is 4.23. The van der Waals surface area contributed by atoms with Gasteiger partial charge in [-0.3, -0.25) is 4.90 Å². The smallest absolute Gasteiger partial charge is 0.336 e. The van der Waals surface area contributed by atoms with E-state index in [1.54, 1.807) is 6.07 Å². The summed E-state index contributed by atoms with van der Waals surface area (Å²) in [6.45, 7) is 2.72. The molecule has 3 heterocycles. The minimum atomic E-state index is -0.253. The van der Waals surface area contributed by atoms with Crippen molar-refractivity contribution in [1.29, 1.82) is 0 Å². The second kappa shape index (κ2) is 7.10. The Bertz CT molecular complexity index is 1260. The zero-order valence-electron chi connectivity index (χ0n) is 16.9. The van der Waals surface area contributed by atoms with E-state index in [-0.39, 0.29) is 5.63 Å². The van der Waals surface area contributed by atoms with E-state index in [4.69, 9.17) is 13.8 Å². The van der Waals surface area contributed by atoms with Crippen LogP contribution in [-0.4, -0.2) is 23.0 Å². The number of rotatable bonds is 3. The molecule has 0 bridgehead atoms. The Hall–Kier alpha value is -2.92. The predicted molar refractivity (Wildman–Crippen MR) is 116 cm³/mol. The predicted octanol–water partition coefficient (Wildman–Crippen LogP) is 4.80. The number of aromatic nitrogens is 1. The van der Waals surface area contributed by atoms with Gasteiger partial charge in [-0.15, -0.1) is 0 Å². The molecule has 1 saturated heterocycles. The Balaban J connectivity index is 1.22. The van der Waals surface area contributed by atoms with E-state index in [9.17, 15) is 4.79 Å². The Morgan fingerprint density at radius 1 is 0.967 bits per heavy atom. The second-order valence-corrected chi connectivity index (χ2v) is 8.63. The van der Waals surface area contributed by atoms with Crippen molar-refractivity contribution in [2.75, 3.05) is 13.1 Å². The van der Waals surface area contributed by atoms with Crippen LogP contribution in [0.5, 0.6) is 0 Å². The van der Waals surface area contributed by atoms with Crippen LogP contribution in [0.1, 0.15) is 47.8 Å². The van der Waals surface area contributed by atoms with Gasteiger partial charge in [0.2, 0.25) is 0 Å². The van der Waals surface area contributed by atoms with E-state index in [1.807, 2.05) is 24.3 Å². The summed E-state index contributed by atoms with van der Waals surface area (Å²) in [4.78, 5) is 19.3. The number of oxazole rings is 1. The Morgan fingerprint density at radius 2 is 1.77 bits per heavy atom. The molecule has 2 aromatic carbocycles. The number of piperidine rings is 1. The van der Waals surface area contributed by atoms with E-state index < -0.39 is 0 Å². The first kappa shape index (κ1) is 17.9. The van der Waals surface area contributed by atoms with Gasteiger partial charge in [-0.2, -0.15) is 0 Å². The van der Waals surface area contributed by atoms with E-state index in [2.05, 4.69) is 17.0 Å². The molecule has 0 unspecified atom stereocenters. The minimum Gasteiger partial charge on any atom is -0.440 e. The van der Waals surface area contributed by atoms with Crippen LogP contribution in [0.25, 0.3) is 22.1 Å². The topological polar surface area (TPSA) is 59.5 Å². The molecule has 0 spiro atoms. The van der Waals surface area contributed by atoms with Crippen molar-refractivity contribution in [3.63, 3.8) is 0 Å². The third-order valence-electron chi connectivity index (χ3n) is 6.68. The van der Waals surface area contributed by atoms with Gasteiger partial charge in [-0.05, 0) is 86.1 Å². The lowest BCUT2D eigenvalue weighted by atomic mass is 9.96. The Labute approximate surface area is 174 Å². The molecule has 1 aliphatic carbocycles. The highest BCUT2D eigenvalue weighted by Crippen LogP contribution is 2.32. The molecule has 5 nitrogen and oxygen atoms in total. The summed E-state index contributed by atoms with van der Waals surface area (Å²) in [5.41, 5.74) is 6.11. The fourth-order valence-corrected chi connectivity index (χ4v) is 5.07. The number of hydrogen-bond acceptors (Lipinski definition) is 5. The summed E-state index contributed by atoms with van der Waals surface area (Å²) in [7, 11) is 0. The van der Waals surface area contributed by atoms with E-state index >= 15 is 0 Å². The molecule has 1 aliphatic heterocycles. The molecule has 0 amide bonds. The first-order chi connectivity index (χ1) is 14.7. The molecule has 2 aliphatic rings. The molecule has 0 saturated carbocycles. The van der Waals surface area contributed by atoms with Crippen molar-refractivity contribution < 1.29 is 8.83 Å². The van der Waals surface area contributed by atoms with Crippen molar-refractivity contribution in [3.05, 3.63) is 75.5 Å². The average molecular weight is 400 g/mol. The highest BCUT2D eigenvalue weighted by atomic mass is 16.4. The van der Waals surface area contributed by atoms with Crippen molar-refractivity contribution in [3.8, 4) is 0 Å². The fraction of sp³-hybridized carbons (Fsp3) is 0.360. The maximum atomic E-state index is 12.2. The number of benzene rings is 2. The first-order valence-corrected chi connectivity index (χ1v) is 10.9. The number of fused-ring (bicyclic) bond motifs is 3. The standard InChI is InChI=1S/C25H24N2O3/c28-24-14-19(20-12-17-4-3-5-18(17)13-23(20)29-24)15-27-10-8-16(9-11-27)25-26-21-6-1-2-7-22(21)30-25/h1-2,6-7,12-14,16H,3-5,8-11,15H2. The van der Waals surface area contributed by atoms with Crippen LogP contribution < -0.4 is 5.63 Å². The molecule has 2 aromatic heterocycles. The molecule has 30 heavy (non-hydrogen) atoms. The lowest BCUT2D eigenvalue weighted by Crippen LogP contribution is -2.32. The quantitative estimate of drug-likeness (QED) is 0.462. The second-order valence-electron chi connectivity index (χ2n) is 8.63. The normalized spacial score (nSPS) is 17.7. The summed E-state index contributed by atoms with van der Waals surface area (Å²) < 4.78 is 11.5. The van der Waals surface area contributed by atoms with Gasteiger partial charge in [0.1, 0.15) is 11.1 Å². The summed E-state index contributed by atoms with van der Waals surface area (Å²) in [5, 5.41) is 1.09. The number of hydrogen-bond donors (Lipinski definition) is 0. The summed E-state index contributed by atoms with van der Waals surface area (Å²) in [6, 6.07) is 14.0. The van der Waals surface area contributed by atoms with E-state index in [1.165, 1.54) is 17.5 Å². The zero-order chi connectivity index (χ0) is 20.1. The zero-order valence-corrected chi connectivity index (χ0v) is 16.9. The largest absolute Gasteiger partial charge is 0.440 e. The third kappa shape index (κ3) is 3.14. The number of nitrogens with zero attached hydrogens (tertiary/aromatic N) is 2. The molecule has 0 N–H and O–H groups in total. The van der Waals surface area contributed by atoms with Gasteiger partial charge in [0.15, 0.2) is 11.5 Å². The van der Waals surface area contributed by atoms with E-state index in [0.717, 1.165) is 78.8 Å². The van der Waals surface area contributed by atoms with Crippen LogP contribution in [0.4, 0.5) is 0 Å². The van der Waals surface area contributed by atoms with Crippen LogP contribution >= 0.6 is 0 Å².